The second-order valence-electron chi connectivity index (χ2n) is 6.03. The van der Waals surface area contributed by atoms with Gasteiger partial charge in [-0.25, -0.2) is 4.79 Å². The third kappa shape index (κ3) is 2.02. The third-order valence-corrected chi connectivity index (χ3v) is 5.58. The minimum atomic E-state index is -0.979. The summed E-state index contributed by atoms with van der Waals surface area (Å²) in [6.07, 6.45) is 1.32. The van der Waals surface area contributed by atoms with E-state index in [1.807, 2.05) is 25.1 Å². The van der Waals surface area contributed by atoms with Gasteiger partial charge in [0.1, 0.15) is 11.3 Å². The van der Waals surface area contributed by atoms with Crippen LogP contribution in [-0.4, -0.2) is 33.5 Å². The van der Waals surface area contributed by atoms with Crippen LogP contribution in [0.4, 0.5) is 4.79 Å². The van der Waals surface area contributed by atoms with Gasteiger partial charge in [-0.15, -0.1) is 5.10 Å². The Morgan fingerprint density at radius 3 is 2.96 bits per heavy atom. The quantitative estimate of drug-likeness (QED) is 0.858. The molecule has 8 heteroatoms. The first kappa shape index (κ1) is 15.1. The molecular formula is C16H16N4O3S. The summed E-state index contributed by atoms with van der Waals surface area (Å²) in [5.41, 5.74) is 1.67. The number of imide groups is 1. The van der Waals surface area contributed by atoms with Crippen molar-refractivity contribution >= 4 is 23.5 Å². The average molecular weight is 344 g/mol. The molecular weight excluding hydrogens is 328 g/mol. The SMILES string of the molecule is COc1ccc2c(c1)[C@@]1(CC2)NC(=O)N(Cc2snnc2C)C1=O. The van der Waals surface area contributed by atoms with E-state index >= 15 is 0 Å². The number of nitrogens with one attached hydrogen (secondary N) is 1. The van der Waals surface area contributed by atoms with Crippen molar-refractivity contribution < 1.29 is 14.3 Å². The predicted molar refractivity (Wildman–Crippen MR) is 86.7 cm³/mol. The fraction of sp³-hybridized carbons (Fsp3) is 0.375. The van der Waals surface area contributed by atoms with Crippen LogP contribution < -0.4 is 10.1 Å². The van der Waals surface area contributed by atoms with Gasteiger partial charge in [-0.05, 0) is 54.6 Å². The lowest BCUT2D eigenvalue weighted by molar-refractivity contribution is -0.132. The molecule has 1 fully saturated rings. The van der Waals surface area contributed by atoms with Crippen LogP contribution in [0.15, 0.2) is 18.2 Å². The summed E-state index contributed by atoms with van der Waals surface area (Å²) in [7, 11) is 1.59. The Kier molecular flexibility index (Phi) is 3.31. The van der Waals surface area contributed by atoms with E-state index in [0.29, 0.717) is 12.2 Å². The molecule has 2 heterocycles. The van der Waals surface area contributed by atoms with Gasteiger partial charge in [0.15, 0.2) is 0 Å². The number of urea groups is 1. The van der Waals surface area contributed by atoms with Gasteiger partial charge < -0.3 is 10.1 Å². The number of aryl methyl sites for hydroxylation is 2. The molecule has 7 nitrogen and oxygen atoms in total. The van der Waals surface area contributed by atoms with Crippen molar-refractivity contribution in [1.82, 2.24) is 19.8 Å². The van der Waals surface area contributed by atoms with E-state index in [4.69, 9.17) is 4.74 Å². The number of carbonyl (C=O) groups excluding carboxylic acids is 2. The van der Waals surface area contributed by atoms with Crippen LogP contribution in [0.3, 0.4) is 0 Å². The zero-order valence-electron chi connectivity index (χ0n) is 13.3. The van der Waals surface area contributed by atoms with Crippen LogP contribution in [0.5, 0.6) is 5.75 Å². The number of hydrogen-bond donors (Lipinski definition) is 1. The number of hydrogen-bond acceptors (Lipinski definition) is 6. The number of carbonyl (C=O) groups is 2. The Balaban J connectivity index is 1.71. The topological polar surface area (TPSA) is 84.4 Å². The summed E-state index contributed by atoms with van der Waals surface area (Å²) in [5.74, 6) is 0.463. The first-order valence-corrected chi connectivity index (χ1v) is 8.42. The number of nitrogens with zero attached hydrogens (tertiary/aromatic N) is 3. The number of aromatic nitrogens is 2. The van der Waals surface area contributed by atoms with E-state index in [1.54, 1.807) is 7.11 Å². The summed E-state index contributed by atoms with van der Waals surface area (Å²) >= 11 is 1.21. The van der Waals surface area contributed by atoms with E-state index < -0.39 is 5.54 Å². The van der Waals surface area contributed by atoms with Gasteiger partial charge in [-0.1, -0.05) is 10.6 Å². The van der Waals surface area contributed by atoms with Crippen LogP contribution in [0.25, 0.3) is 0 Å². The number of rotatable bonds is 3. The molecule has 2 aliphatic rings. The van der Waals surface area contributed by atoms with Gasteiger partial charge in [0.2, 0.25) is 0 Å². The molecule has 1 aliphatic heterocycles. The van der Waals surface area contributed by atoms with Gasteiger partial charge in [-0.3, -0.25) is 9.69 Å². The van der Waals surface area contributed by atoms with Crippen LogP contribution in [0.2, 0.25) is 0 Å². The van der Waals surface area contributed by atoms with Crippen molar-refractivity contribution in [3.8, 4) is 5.75 Å². The maximum Gasteiger partial charge on any atom is 0.325 e. The van der Waals surface area contributed by atoms with E-state index in [0.717, 1.165) is 28.1 Å². The molecule has 0 radical (unpaired) electrons. The van der Waals surface area contributed by atoms with Crippen molar-refractivity contribution in [2.45, 2.75) is 31.8 Å². The smallest absolute Gasteiger partial charge is 0.325 e. The fourth-order valence-corrected chi connectivity index (χ4v) is 4.04. The monoisotopic (exact) mass is 344 g/mol. The largest absolute Gasteiger partial charge is 0.497 e. The van der Waals surface area contributed by atoms with Crippen molar-refractivity contribution in [3.05, 3.63) is 39.9 Å². The Hall–Kier alpha value is -2.48. The standard InChI is InChI=1S/C16H16N4O3S/c1-9-13(24-19-18-9)8-20-14(21)16(17-15(20)22)6-5-10-3-4-11(23-2)7-12(10)16/h3-4,7H,5-6,8H2,1-2H3,(H,17,22)/t16-/m1/s1. The molecule has 0 saturated carbocycles. The van der Waals surface area contributed by atoms with Crippen molar-refractivity contribution in [2.24, 2.45) is 0 Å². The number of fused-ring (bicyclic) bond motifs is 2. The molecule has 1 aromatic carbocycles. The summed E-state index contributed by atoms with van der Waals surface area (Å²) in [6, 6.07) is 5.32. The number of benzene rings is 1. The van der Waals surface area contributed by atoms with Gasteiger partial charge in [0.05, 0.1) is 24.2 Å². The molecule has 1 saturated heterocycles. The average Bonchev–Trinajstić information content (AvgIpc) is 3.22. The number of amides is 3. The molecule has 3 amide bonds. The van der Waals surface area contributed by atoms with Crippen LogP contribution in [0.1, 0.15) is 28.1 Å². The lowest BCUT2D eigenvalue weighted by atomic mass is 9.91. The molecule has 124 valence electrons. The summed E-state index contributed by atoms with van der Waals surface area (Å²) in [4.78, 5) is 27.7. The lowest BCUT2D eigenvalue weighted by Crippen LogP contribution is -2.41. The maximum absolute atomic E-state index is 13.1. The molecule has 1 N–H and O–H groups in total. The van der Waals surface area contributed by atoms with Gasteiger partial charge in [0.25, 0.3) is 5.91 Å². The highest BCUT2D eigenvalue weighted by Gasteiger charge is 2.55. The molecule has 0 unspecified atom stereocenters. The maximum atomic E-state index is 13.1. The number of methoxy groups -OCH3 is 1. The first-order valence-electron chi connectivity index (χ1n) is 7.64. The molecule has 1 atom stereocenters. The minimum absolute atomic E-state index is 0.204. The van der Waals surface area contributed by atoms with E-state index in [-0.39, 0.29) is 18.5 Å². The van der Waals surface area contributed by atoms with Crippen molar-refractivity contribution in [3.63, 3.8) is 0 Å². The number of ether oxygens (including phenoxy) is 1. The highest BCUT2D eigenvalue weighted by atomic mass is 32.1. The van der Waals surface area contributed by atoms with E-state index in [1.165, 1.54) is 16.4 Å². The molecule has 4 rings (SSSR count). The predicted octanol–water partition coefficient (Wildman–Crippen LogP) is 1.75. The van der Waals surface area contributed by atoms with Crippen LogP contribution in [0, 0.1) is 6.92 Å². The van der Waals surface area contributed by atoms with Gasteiger partial charge in [0, 0.05) is 0 Å². The van der Waals surface area contributed by atoms with Gasteiger partial charge in [-0.2, -0.15) is 0 Å². The first-order chi connectivity index (χ1) is 11.5. The molecule has 0 bridgehead atoms. The summed E-state index contributed by atoms with van der Waals surface area (Å²) in [6.45, 7) is 2.03. The molecule has 24 heavy (non-hydrogen) atoms. The van der Waals surface area contributed by atoms with Crippen molar-refractivity contribution in [2.75, 3.05) is 7.11 Å². The van der Waals surface area contributed by atoms with Crippen LogP contribution in [-0.2, 0) is 23.3 Å². The fourth-order valence-electron chi connectivity index (χ4n) is 3.42. The Morgan fingerprint density at radius 1 is 1.42 bits per heavy atom. The molecule has 1 spiro atoms. The second-order valence-corrected chi connectivity index (χ2v) is 6.87. The molecule has 1 aromatic heterocycles. The molecule has 1 aliphatic carbocycles. The Bertz CT molecular complexity index is 850. The second kappa shape index (κ2) is 5.27. The Labute approximate surface area is 142 Å². The lowest BCUT2D eigenvalue weighted by Gasteiger charge is -2.22. The highest BCUT2D eigenvalue weighted by Crippen LogP contribution is 2.43. The summed E-state index contributed by atoms with van der Waals surface area (Å²) in [5, 5.41) is 6.85. The third-order valence-electron chi connectivity index (χ3n) is 4.77. The minimum Gasteiger partial charge on any atom is -0.497 e. The van der Waals surface area contributed by atoms with Gasteiger partial charge >= 0.3 is 6.03 Å². The van der Waals surface area contributed by atoms with E-state index in [2.05, 4.69) is 14.9 Å². The van der Waals surface area contributed by atoms with E-state index in [9.17, 15) is 9.59 Å². The van der Waals surface area contributed by atoms with Crippen molar-refractivity contribution in [1.29, 1.82) is 0 Å². The highest BCUT2D eigenvalue weighted by molar-refractivity contribution is 7.05. The van der Waals surface area contributed by atoms with Crippen LogP contribution >= 0.6 is 11.5 Å². The Morgan fingerprint density at radius 2 is 2.25 bits per heavy atom. The zero-order chi connectivity index (χ0) is 16.9. The zero-order valence-corrected chi connectivity index (χ0v) is 14.1. The molecule has 2 aromatic rings. The normalized spacial score (nSPS) is 22.2. The summed E-state index contributed by atoms with van der Waals surface area (Å²) < 4.78 is 9.15.